The van der Waals surface area contributed by atoms with E-state index in [0.717, 1.165) is 11.5 Å². The molecule has 6 nitrogen and oxygen atoms in total. The predicted octanol–water partition coefficient (Wildman–Crippen LogP) is -0.268. The molecule has 1 rings (SSSR count). The van der Waals surface area contributed by atoms with Crippen LogP contribution in [0.15, 0.2) is 0 Å². The molecule has 0 aromatic carbocycles. The largest absolute Gasteiger partial charge is 0.377 e. The van der Waals surface area contributed by atoms with Gasteiger partial charge in [-0.2, -0.15) is 23.5 Å². The van der Waals surface area contributed by atoms with Gasteiger partial charge >= 0.3 is 0 Å². The van der Waals surface area contributed by atoms with Gasteiger partial charge in [0.15, 0.2) is 0 Å². The monoisotopic (exact) mass is 322 g/mol. The van der Waals surface area contributed by atoms with Crippen molar-refractivity contribution in [3.8, 4) is 0 Å². The molecule has 1 fully saturated rings. The zero-order valence-corrected chi connectivity index (χ0v) is 13.2. The van der Waals surface area contributed by atoms with Crippen molar-refractivity contribution in [2.45, 2.75) is 0 Å². The van der Waals surface area contributed by atoms with Crippen molar-refractivity contribution in [3.63, 3.8) is 0 Å². The number of carbonyl (C=O) groups excluding carboxylic acids is 2. The summed E-state index contributed by atoms with van der Waals surface area (Å²) in [4.78, 5) is 22.9. The van der Waals surface area contributed by atoms with Crippen LogP contribution in [0.1, 0.15) is 0 Å². The lowest BCUT2D eigenvalue weighted by molar-refractivity contribution is -0.119. The molecule has 0 aliphatic carbocycles. The fraction of sp³-hybridized carbons (Fsp3) is 0.833. The molecule has 1 heterocycles. The van der Waals surface area contributed by atoms with Crippen molar-refractivity contribution in [1.82, 2.24) is 10.6 Å². The minimum atomic E-state index is 0.0266. The highest BCUT2D eigenvalue weighted by molar-refractivity contribution is 8.03. The van der Waals surface area contributed by atoms with E-state index in [1.54, 1.807) is 23.5 Å². The molecule has 0 saturated carbocycles. The Labute approximate surface area is 128 Å². The van der Waals surface area contributed by atoms with Gasteiger partial charge < -0.3 is 20.1 Å². The van der Waals surface area contributed by atoms with Crippen LogP contribution in [0.3, 0.4) is 0 Å². The summed E-state index contributed by atoms with van der Waals surface area (Å²) in [6.07, 6.45) is 0. The van der Waals surface area contributed by atoms with E-state index < -0.39 is 0 Å². The van der Waals surface area contributed by atoms with Crippen LogP contribution in [0.2, 0.25) is 0 Å². The van der Waals surface area contributed by atoms with E-state index in [9.17, 15) is 9.59 Å². The molecule has 2 amide bonds. The SMILES string of the molecule is O=C1CSCCSCC(=O)NCCOCCOCCN1. The molecule has 0 unspecified atom stereocenters. The highest BCUT2D eigenvalue weighted by atomic mass is 32.2. The van der Waals surface area contributed by atoms with Crippen LogP contribution in [0, 0.1) is 0 Å². The fourth-order valence-electron chi connectivity index (χ4n) is 1.40. The second-order valence-corrected chi connectivity index (χ2v) is 6.24. The summed E-state index contributed by atoms with van der Waals surface area (Å²) in [5.74, 6) is 2.69. The quantitative estimate of drug-likeness (QED) is 0.639. The Morgan fingerprint density at radius 2 is 1.20 bits per heavy atom. The van der Waals surface area contributed by atoms with Gasteiger partial charge in [-0.05, 0) is 0 Å². The molecule has 1 saturated heterocycles. The number of nitrogens with one attached hydrogen (secondary N) is 2. The lowest BCUT2D eigenvalue weighted by atomic mass is 10.6. The number of amides is 2. The van der Waals surface area contributed by atoms with E-state index in [1.807, 2.05) is 0 Å². The summed E-state index contributed by atoms with van der Waals surface area (Å²) in [7, 11) is 0. The zero-order valence-electron chi connectivity index (χ0n) is 11.5. The van der Waals surface area contributed by atoms with E-state index in [1.165, 1.54) is 0 Å². The third-order valence-electron chi connectivity index (χ3n) is 2.35. The van der Waals surface area contributed by atoms with Crippen molar-refractivity contribution in [1.29, 1.82) is 0 Å². The minimum Gasteiger partial charge on any atom is -0.377 e. The van der Waals surface area contributed by atoms with Crippen molar-refractivity contribution in [2.24, 2.45) is 0 Å². The standard InChI is InChI=1S/C12H22N2O4S2/c15-11-9-19-7-8-20-10-12(16)14-2-4-18-6-5-17-3-1-13-11/h1-10H2,(H,13,15)(H,14,16). The Morgan fingerprint density at radius 1 is 0.750 bits per heavy atom. The van der Waals surface area contributed by atoms with Gasteiger partial charge in [0, 0.05) is 24.6 Å². The van der Waals surface area contributed by atoms with Crippen LogP contribution in [-0.4, -0.2) is 74.3 Å². The summed E-state index contributed by atoms with van der Waals surface area (Å²) in [6, 6.07) is 0. The van der Waals surface area contributed by atoms with Crippen LogP contribution in [0.5, 0.6) is 0 Å². The van der Waals surface area contributed by atoms with E-state index >= 15 is 0 Å². The van der Waals surface area contributed by atoms with Crippen LogP contribution in [0.4, 0.5) is 0 Å². The number of rotatable bonds is 0. The average Bonchev–Trinajstić information content (AvgIpc) is 2.43. The molecule has 0 spiro atoms. The highest BCUT2D eigenvalue weighted by Gasteiger charge is 2.03. The summed E-state index contributed by atoms with van der Waals surface area (Å²) >= 11 is 3.16. The fourth-order valence-corrected chi connectivity index (χ4v) is 3.20. The Bertz CT molecular complexity index is 265. The molecule has 0 bridgehead atoms. The van der Waals surface area contributed by atoms with Crippen LogP contribution >= 0.6 is 23.5 Å². The normalized spacial score (nSPS) is 22.2. The Morgan fingerprint density at radius 3 is 1.65 bits per heavy atom. The van der Waals surface area contributed by atoms with Gasteiger partial charge in [0.05, 0.1) is 37.9 Å². The molecule has 1 aliphatic rings. The maximum absolute atomic E-state index is 11.4. The van der Waals surface area contributed by atoms with Gasteiger partial charge in [-0.3, -0.25) is 9.59 Å². The second kappa shape index (κ2) is 12.3. The van der Waals surface area contributed by atoms with Crippen molar-refractivity contribution < 1.29 is 19.1 Å². The molecular weight excluding hydrogens is 300 g/mol. The van der Waals surface area contributed by atoms with Gasteiger partial charge in [-0.25, -0.2) is 0 Å². The summed E-state index contributed by atoms with van der Waals surface area (Å²) in [5, 5.41) is 5.59. The summed E-state index contributed by atoms with van der Waals surface area (Å²) in [5.41, 5.74) is 0. The van der Waals surface area contributed by atoms with Crippen LogP contribution in [0.25, 0.3) is 0 Å². The number of ether oxygens (including phenoxy) is 2. The Balaban J connectivity index is 2.19. The van der Waals surface area contributed by atoms with E-state index in [2.05, 4.69) is 10.6 Å². The first kappa shape index (κ1) is 17.6. The van der Waals surface area contributed by atoms with Gasteiger partial charge in [0.2, 0.25) is 11.8 Å². The first-order valence-corrected chi connectivity index (χ1v) is 8.94. The molecule has 116 valence electrons. The van der Waals surface area contributed by atoms with Gasteiger partial charge in [0.25, 0.3) is 0 Å². The van der Waals surface area contributed by atoms with Crippen LogP contribution < -0.4 is 10.6 Å². The molecule has 0 aromatic rings. The van der Waals surface area contributed by atoms with Crippen molar-refractivity contribution in [2.75, 3.05) is 62.5 Å². The molecule has 0 atom stereocenters. The first-order chi connectivity index (χ1) is 9.79. The molecular formula is C12H22N2O4S2. The minimum absolute atomic E-state index is 0.0266. The number of hydrogen-bond donors (Lipinski definition) is 2. The highest BCUT2D eigenvalue weighted by Crippen LogP contribution is 2.06. The second-order valence-electron chi connectivity index (χ2n) is 4.03. The molecule has 1 aliphatic heterocycles. The third-order valence-corrected chi connectivity index (χ3v) is 4.52. The molecule has 2 N–H and O–H groups in total. The molecule has 0 radical (unpaired) electrons. The van der Waals surface area contributed by atoms with Crippen LogP contribution in [-0.2, 0) is 19.1 Å². The molecule has 8 heteroatoms. The maximum atomic E-state index is 11.4. The van der Waals surface area contributed by atoms with E-state index in [-0.39, 0.29) is 11.8 Å². The topological polar surface area (TPSA) is 76.7 Å². The maximum Gasteiger partial charge on any atom is 0.230 e. The Kier molecular flexibility index (Phi) is 10.8. The third kappa shape index (κ3) is 10.4. The van der Waals surface area contributed by atoms with Crippen molar-refractivity contribution >= 4 is 35.3 Å². The van der Waals surface area contributed by atoms with Gasteiger partial charge in [-0.15, -0.1) is 0 Å². The zero-order chi connectivity index (χ0) is 14.5. The number of carbonyl (C=O) groups is 2. The van der Waals surface area contributed by atoms with E-state index in [0.29, 0.717) is 51.0 Å². The number of thioether (sulfide) groups is 2. The summed E-state index contributed by atoms with van der Waals surface area (Å²) < 4.78 is 10.6. The number of hydrogen-bond acceptors (Lipinski definition) is 6. The molecule has 0 aromatic heterocycles. The first-order valence-electron chi connectivity index (χ1n) is 6.63. The lowest BCUT2D eigenvalue weighted by Crippen LogP contribution is -2.30. The smallest absolute Gasteiger partial charge is 0.230 e. The van der Waals surface area contributed by atoms with E-state index in [4.69, 9.17) is 9.47 Å². The predicted molar refractivity (Wildman–Crippen MR) is 82.3 cm³/mol. The molecule has 20 heavy (non-hydrogen) atoms. The van der Waals surface area contributed by atoms with Gasteiger partial charge in [0.1, 0.15) is 0 Å². The lowest BCUT2D eigenvalue weighted by Gasteiger charge is -2.09. The Hall–Kier alpha value is -0.440. The van der Waals surface area contributed by atoms with Crippen molar-refractivity contribution in [3.05, 3.63) is 0 Å². The average molecular weight is 322 g/mol. The summed E-state index contributed by atoms with van der Waals surface area (Å²) in [6.45, 7) is 3.04. The van der Waals surface area contributed by atoms with Gasteiger partial charge in [-0.1, -0.05) is 0 Å².